The van der Waals surface area contributed by atoms with Crippen LogP contribution in [0.15, 0.2) is 22.2 Å². The average Bonchev–Trinajstić information content (AvgIpc) is 2.67. The van der Waals surface area contributed by atoms with Crippen molar-refractivity contribution in [3.63, 3.8) is 0 Å². The Labute approximate surface area is 145 Å². The first-order valence-electron chi connectivity index (χ1n) is 7.11. The highest BCUT2D eigenvalue weighted by Gasteiger charge is 2.83. The summed E-state index contributed by atoms with van der Waals surface area (Å²) >= 11 is 27.0. The van der Waals surface area contributed by atoms with Gasteiger partial charge in [0.1, 0.15) is 9.75 Å². The van der Waals surface area contributed by atoms with Gasteiger partial charge < -0.3 is 9.47 Å². The Bertz CT molecular complexity index is 474. The van der Waals surface area contributed by atoms with E-state index >= 15 is 0 Å². The van der Waals surface area contributed by atoms with Crippen molar-refractivity contribution in [2.24, 2.45) is 11.8 Å². The summed E-state index contributed by atoms with van der Waals surface area (Å²) in [5.41, 5.74) is 0. The molecule has 2 nitrogen and oxygen atoms in total. The fraction of sp³-hybridized carbons (Fsp3) is 0.733. The van der Waals surface area contributed by atoms with Crippen LogP contribution in [0.3, 0.4) is 0 Å². The van der Waals surface area contributed by atoms with Crippen LogP contribution in [0.25, 0.3) is 0 Å². The standard InChI is InChI=1S/C15H18Cl4O2/c1-20-15(21-2)13(18)9-7-5-3-4-6-8-10(9)14(15,19)12(17)11(13)16/h3-4,9-10H,5-8H2,1-2H3/b4-3-/t9-,10+,13?,14?. The molecule has 0 heterocycles. The first-order chi connectivity index (χ1) is 9.91. The van der Waals surface area contributed by atoms with Crippen LogP contribution < -0.4 is 0 Å². The Morgan fingerprint density at radius 1 is 0.905 bits per heavy atom. The SMILES string of the molecule is COC1(OC)C2(Cl)C(Cl)=C(Cl)C1(Cl)[C@H]1CC/C=C\CC[C@H]12. The van der Waals surface area contributed by atoms with Crippen molar-refractivity contribution in [1.82, 2.24) is 0 Å². The van der Waals surface area contributed by atoms with Gasteiger partial charge in [0.15, 0.2) is 0 Å². The Hall–Kier alpha value is 0.560. The maximum absolute atomic E-state index is 7.02. The van der Waals surface area contributed by atoms with Gasteiger partial charge in [0, 0.05) is 14.2 Å². The molecule has 0 radical (unpaired) electrons. The maximum Gasteiger partial charge on any atom is 0.217 e. The topological polar surface area (TPSA) is 18.5 Å². The van der Waals surface area contributed by atoms with E-state index in [9.17, 15) is 0 Å². The van der Waals surface area contributed by atoms with Crippen LogP contribution in [0.4, 0.5) is 0 Å². The van der Waals surface area contributed by atoms with Crippen LogP contribution in [0, 0.1) is 11.8 Å². The van der Waals surface area contributed by atoms with E-state index in [1.165, 1.54) is 0 Å². The summed E-state index contributed by atoms with van der Waals surface area (Å²) in [6, 6.07) is 0. The van der Waals surface area contributed by atoms with Gasteiger partial charge in [0.05, 0.1) is 10.1 Å². The zero-order valence-corrected chi connectivity index (χ0v) is 15.0. The van der Waals surface area contributed by atoms with Crippen molar-refractivity contribution in [1.29, 1.82) is 0 Å². The Morgan fingerprint density at radius 3 is 1.62 bits per heavy atom. The van der Waals surface area contributed by atoms with Crippen molar-refractivity contribution in [3.8, 4) is 0 Å². The van der Waals surface area contributed by atoms with E-state index in [4.69, 9.17) is 55.9 Å². The number of allylic oxidation sites excluding steroid dienone is 2. The largest absolute Gasteiger partial charge is 0.350 e. The summed E-state index contributed by atoms with van der Waals surface area (Å²) < 4.78 is 11.5. The molecule has 1 fully saturated rings. The van der Waals surface area contributed by atoms with Crippen molar-refractivity contribution < 1.29 is 9.47 Å². The summed E-state index contributed by atoms with van der Waals surface area (Å²) in [7, 11) is 3.10. The molecule has 1 saturated carbocycles. The highest BCUT2D eigenvalue weighted by molar-refractivity contribution is 6.52. The first kappa shape index (κ1) is 16.4. The number of hydrogen-bond donors (Lipinski definition) is 0. The number of rotatable bonds is 2. The molecule has 0 aromatic rings. The van der Waals surface area contributed by atoms with Crippen molar-refractivity contribution in [3.05, 3.63) is 22.2 Å². The lowest BCUT2D eigenvalue weighted by atomic mass is 9.76. The molecule has 118 valence electrons. The molecule has 0 aromatic carbocycles. The van der Waals surface area contributed by atoms with Gasteiger partial charge in [0.2, 0.25) is 5.79 Å². The molecule has 0 N–H and O–H groups in total. The fourth-order valence-electron chi connectivity index (χ4n) is 4.51. The lowest BCUT2D eigenvalue weighted by molar-refractivity contribution is -0.220. The third-order valence-electron chi connectivity index (χ3n) is 5.33. The third-order valence-corrected chi connectivity index (χ3v) is 8.03. The van der Waals surface area contributed by atoms with E-state index in [0.717, 1.165) is 25.7 Å². The second-order valence-corrected chi connectivity index (χ2v) is 7.86. The second kappa shape index (κ2) is 5.29. The van der Waals surface area contributed by atoms with Crippen molar-refractivity contribution in [2.45, 2.75) is 41.2 Å². The zero-order chi connectivity index (χ0) is 15.5. The highest BCUT2D eigenvalue weighted by Crippen LogP contribution is 2.75. The molecule has 0 aromatic heterocycles. The van der Waals surface area contributed by atoms with Crippen LogP contribution in [-0.4, -0.2) is 29.8 Å². The van der Waals surface area contributed by atoms with E-state index in [1.807, 2.05) is 0 Å². The Kier molecular flexibility index (Phi) is 4.14. The van der Waals surface area contributed by atoms with Crippen LogP contribution >= 0.6 is 46.4 Å². The molecular formula is C15H18Cl4O2. The van der Waals surface area contributed by atoms with E-state index in [-0.39, 0.29) is 11.8 Å². The van der Waals surface area contributed by atoms with Gasteiger partial charge in [-0.25, -0.2) is 0 Å². The molecule has 0 saturated heterocycles. The average molecular weight is 372 g/mol. The fourth-order valence-corrected chi connectivity index (χ4v) is 6.80. The van der Waals surface area contributed by atoms with Gasteiger partial charge in [-0.3, -0.25) is 0 Å². The van der Waals surface area contributed by atoms with Gasteiger partial charge >= 0.3 is 0 Å². The van der Waals surface area contributed by atoms with Crippen molar-refractivity contribution >= 4 is 46.4 Å². The molecule has 3 aliphatic carbocycles. The summed E-state index contributed by atoms with van der Waals surface area (Å²) in [6.07, 6.45) is 8.01. The number of fused-ring (bicyclic) bond motifs is 5. The van der Waals surface area contributed by atoms with Crippen LogP contribution in [0.1, 0.15) is 25.7 Å². The van der Waals surface area contributed by atoms with E-state index < -0.39 is 15.5 Å². The molecule has 2 bridgehead atoms. The molecule has 4 atom stereocenters. The predicted octanol–water partition coefficient (Wildman–Crippen LogP) is 5.01. The second-order valence-electron chi connectivity index (χ2n) is 5.92. The minimum atomic E-state index is -1.24. The lowest BCUT2D eigenvalue weighted by Crippen LogP contribution is -2.57. The molecule has 3 rings (SSSR count). The lowest BCUT2D eigenvalue weighted by Gasteiger charge is -2.41. The summed E-state index contributed by atoms with van der Waals surface area (Å²) in [4.78, 5) is -2.07. The van der Waals surface area contributed by atoms with Gasteiger partial charge in [-0.1, -0.05) is 35.4 Å². The Balaban J connectivity index is 2.22. The number of halogens is 4. The van der Waals surface area contributed by atoms with Crippen molar-refractivity contribution in [2.75, 3.05) is 14.2 Å². The maximum atomic E-state index is 7.02. The third kappa shape index (κ3) is 1.65. The monoisotopic (exact) mass is 370 g/mol. The minimum Gasteiger partial charge on any atom is -0.350 e. The van der Waals surface area contributed by atoms with E-state index in [2.05, 4.69) is 12.2 Å². The molecule has 0 aliphatic heterocycles. The molecule has 3 aliphatic rings. The molecule has 2 unspecified atom stereocenters. The van der Waals surface area contributed by atoms with E-state index in [1.54, 1.807) is 14.2 Å². The first-order valence-corrected chi connectivity index (χ1v) is 8.62. The molecule has 6 heteroatoms. The van der Waals surface area contributed by atoms with Gasteiger partial charge in [-0.15, -0.1) is 23.2 Å². The summed E-state index contributed by atoms with van der Waals surface area (Å²) in [5.74, 6) is -1.11. The van der Waals surface area contributed by atoms with Gasteiger partial charge in [-0.05, 0) is 37.5 Å². The normalized spacial score (nSPS) is 46.2. The van der Waals surface area contributed by atoms with Crippen LogP contribution in [0.5, 0.6) is 0 Å². The molecule has 0 amide bonds. The predicted molar refractivity (Wildman–Crippen MR) is 87.2 cm³/mol. The van der Waals surface area contributed by atoms with Crippen LogP contribution in [-0.2, 0) is 9.47 Å². The van der Waals surface area contributed by atoms with Gasteiger partial charge in [0.25, 0.3) is 0 Å². The molecule has 0 spiro atoms. The zero-order valence-electron chi connectivity index (χ0n) is 12.0. The van der Waals surface area contributed by atoms with E-state index in [0.29, 0.717) is 10.1 Å². The smallest absolute Gasteiger partial charge is 0.217 e. The number of methoxy groups -OCH3 is 2. The highest BCUT2D eigenvalue weighted by atomic mass is 35.5. The summed E-state index contributed by atoms with van der Waals surface area (Å²) in [5, 5.41) is 0.741. The Morgan fingerprint density at radius 2 is 1.29 bits per heavy atom. The molecule has 21 heavy (non-hydrogen) atoms. The number of ether oxygens (including phenoxy) is 2. The number of hydrogen-bond acceptors (Lipinski definition) is 2. The number of alkyl halides is 2. The van der Waals surface area contributed by atoms with Crippen LogP contribution in [0.2, 0.25) is 0 Å². The molecular weight excluding hydrogens is 354 g/mol. The summed E-state index contributed by atoms with van der Waals surface area (Å²) in [6.45, 7) is 0. The van der Waals surface area contributed by atoms with Gasteiger partial charge in [-0.2, -0.15) is 0 Å². The quantitative estimate of drug-likeness (QED) is 0.386. The minimum absolute atomic E-state index is 0.0662.